The molecule has 0 unspecified atom stereocenters. The molecule has 0 fully saturated rings. The molecule has 0 aliphatic heterocycles. The molecule has 1 aromatic carbocycles. The number of ketones is 1. The van der Waals surface area contributed by atoms with Crippen LogP contribution in [-0.4, -0.2) is 10.9 Å². The first-order valence-electron chi connectivity index (χ1n) is 3.75. The molecule has 4 heteroatoms. The van der Waals surface area contributed by atoms with Crippen molar-refractivity contribution in [2.24, 2.45) is 0 Å². The lowest BCUT2D eigenvalue weighted by Gasteiger charge is -1.95. The van der Waals surface area contributed by atoms with Crippen LogP contribution in [0.1, 0.15) is 17.3 Å². The SMILES string of the molecule is CC(=O)c1cccc2onc(Br)c12. The highest BCUT2D eigenvalue weighted by molar-refractivity contribution is 9.10. The van der Waals surface area contributed by atoms with E-state index in [1.807, 2.05) is 0 Å². The molecule has 2 rings (SSSR count). The second-order valence-electron chi connectivity index (χ2n) is 2.71. The van der Waals surface area contributed by atoms with Gasteiger partial charge in [0.25, 0.3) is 0 Å². The maximum absolute atomic E-state index is 11.2. The normalized spacial score (nSPS) is 10.6. The lowest BCUT2D eigenvalue weighted by Crippen LogP contribution is -1.91. The van der Waals surface area contributed by atoms with Crippen LogP contribution < -0.4 is 0 Å². The minimum Gasteiger partial charge on any atom is -0.355 e. The topological polar surface area (TPSA) is 43.1 Å². The lowest BCUT2D eigenvalue weighted by molar-refractivity contribution is 0.101. The summed E-state index contributed by atoms with van der Waals surface area (Å²) in [5, 5.41) is 4.47. The fraction of sp³-hybridized carbons (Fsp3) is 0.111. The van der Waals surface area contributed by atoms with Gasteiger partial charge in [0.2, 0.25) is 0 Å². The van der Waals surface area contributed by atoms with Crippen LogP contribution in [0.5, 0.6) is 0 Å². The van der Waals surface area contributed by atoms with Crippen molar-refractivity contribution in [3.8, 4) is 0 Å². The van der Waals surface area contributed by atoms with E-state index in [9.17, 15) is 4.79 Å². The van der Waals surface area contributed by atoms with Gasteiger partial charge in [-0.05, 0) is 28.9 Å². The molecule has 66 valence electrons. The zero-order chi connectivity index (χ0) is 9.42. The summed E-state index contributed by atoms with van der Waals surface area (Å²) in [5.41, 5.74) is 1.25. The predicted octanol–water partition coefficient (Wildman–Crippen LogP) is 2.79. The zero-order valence-electron chi connectivity index (χ0n) is 6.87. The lowest BCUT2D eigenvalue weighted by atomic mass is 10.1. The van der Waals surface area contributed by atoms with Crippen LogP contribution in [0.4, 0.5) is 0 Å². The molecule has 13 heavy (non-hydrogen) atoms. The summed E-state index contributed by atoms with van der Waals surface area (Å²) < 4.78 is 5.57. The molecule has 0 aliphatic rings. The van der Waals surface area contributed by atoms with E-state index in [2.05, 4.69) is 21.1 Å². The Hall–Kier alpha value is -1.16. The number of carbonyl (C=O) groups is 1. The van der Waals surface area contributed by atoms with E-state index in [1.165, 1.54) is 6.92 Å². The smallest absolute Gasteiger partial charge is 0.168 e. The third kappa shape index (κ3) is 1.27. The maximum atomic E-state index is 11.2. The van der Waals surface area contributed by atoms with Gasteiger partial charge in [0.1, 0.15) is 0 Å². The van der Waals surface area contributed by atoms with Crippen LogP contribution in [0.3, 0.4) is 0 Å². The second kappa shape index (κ2) is 2.96. The molecular weight excluding hydrogens is 234 g/mol. The highest BCUT2D eigenvalue weighted by Gasteiger charge is 2.12. The average Bonchev–Trinajstić information content (AvgIpc) is 2.48. The Morgan fingerprint density at radius 2 is 2.31 bits per heavy atom. The molecule has 0 aliphatic carbocycles. The van der Waals surface area contributed by atoms with Crippen LogP contribution in [0.15, 0.2) is 27.3 Å². The van der Waals surface area contributed by atoms with Crippen molar-refractivity contribution in [1.82, 2.24) is 5.16 Å². The van der Waals surface area contributed by atoms with Crippen LogP contribution in [-0.2, 0) is 0 Å². The Balaban J connectivity index is 2.88. The summed E-state index contributed by atoms with van der Waals surface area (Å²) in [4.78, 5) is 11.2. The van der Waals surface area contributed by atoms with Gasteiger partial charge in [0, 0.05) is 5.56 Å². The molecule has 1 aromatic heterocycles. The van der Waals surface area contributed by atoms with Crippen molar-refractivity contribution in [3.05, 3.63) is 28.4 Å². The van der Waals surface area contributed by atoms with Gasteiger partial charge in [-0.1, -0.05) is 17.3 Å². The molecule has 1 heterocycles. The van der Waals surface area contributed by atoms with Crippen molar-refractivity contribution in [2.45, 2.75) is 6.92 Å². The van der Waals surface area contributed by atoms with Crippen LogP contribution in [0.2, 0.25) is 0 Å². The van der Waals surface area contributed by atoms with Crippen molar-refractivity contribution in [3.63, 3.8) is 0 Å². The number of Topliss-reactive ketones (excluding diaryl/α,β-unsaturated/α-hetero) is 1. The van der Waals surface area contributed by atoms with Gasteiger partial charge < -0.3 is 4.52 Å². The van der Waals surface area contributed by atoms with Gasteiger partial charge in [-0.15, -0.1) is 0 Å². The van der Waals surface area contributed by atoms with Gasteiger partial charge in [0.05, 0.1) is 5.39 Å². The Labute approximate surface area is 82.8 Å². The Kier molecular flexibility index (Phi) is 1.92. The molecule has 0 saturated carbocycles. The minimum absolute atomic E-state index is 0.00880. The van der Waals surface area contributed by atoms with Gasteiger partial charge in [0.15, 0.2) is 16.0 Å². The second-order valence-corrected chi connectivity index (χ2v) is 3.46. The molecule has 2 aromatic rings. The first-order valence-corrected chi connectivity index (χ1v) is 4.54. The quantitative estimate of drug-likeness (QED) is 0.719. The first kappa shape index (κ1) is 8.44. The van der Waals surface area contributed by atoms with Gasteiger partial charge in [-0.25, -0.2) is 0 Å². The highest BCUT2D eigenvalue weighted by Crippen LogP contribution is 2.26. The predicted molar refractivity (Wildman–Crippen MR) is 51.7 cm³/mol. The van der Waals surface area contributed by atoms with E-state index in [4.69, 9.17) is 4.52 Å². The van der Waals surface area contributed by atoms with E-state index >= 15 is 0 Å². The van der Waals surface area contributed by atoms with E-state index in [-0.39, 0.29) is 5.78 Å². The van der Waals surface area contributed by atoms with Crippen molar-refractivity contribution >= 4 is 32.7 Å². The number of aromatic nitrogens is 1. The number of fused-ring (bicyclic) bond motifs is 1. The van der Waals surface area contributed by atoms with Crippen LogP contribution >= 0.6 is 15.9 Å². The number of hydrogen-bond acceptors (Lipinski definition) is 3. The summed E-state index contributed by atoms with van der Waals surface area (Å²) in [7, 11) is 0. The molecule has 0 amide bonds. The summed E-state index contributed by atoms with van der Waals surface area (Å²) in [6, 6.07) is 5.31. The van der Waals surface area contributed by atoms with Crippen LogP contribution in [0.25, 0.3) is 11.0 Å². The molecule has 0 N–H and O–H groups in total. The molecule has 3 nitrogen and oxygen atoms in total. The van der Waals surface area contributed by atoms with Gasteiger partial charge in [-0.3, -0.25) is 4.79 Å². The number of hydrogen-bond donors (Lipinski definition) is 0. The third-order valence-corrected chi connectivity index (χ3v) is 2.38. The molecule has 0 saturated heterocycles. The van der Waals surface area contributed by atoms with Crippen molar-refractivity contribution in [1.29, 1.82) is 0 Å². The molecule has 0 radical (unpaired) electrons. The van der Waals surface area contributed by atoms with Crippen molar-refractivity contribution < 1.29 is 9.32 Å². The number of benzene rings is 1. The first-order chi connectivity index (χ1) is 6.20. The monoisotopic (exact) mass is 239 g/mol. The third-order valence-electron chi connectivity index (χ3n) is 1.84. The minimum atomic E-state index is 0.00880. The Morgan fingerprint density at radius 3 is 3.00 bits per heavy atom. The van der Waals surface area contributed by atoms with Gasteiger partial charge in [-0.2, -0.15) is 0 Å². The molecular formula is C9H6BrNO2. The van der Waals surface area contributed by atoms with Gasteiger partial charge >= 0.3 is 0 Å². The maximum Gasteiger partial charge on any atom is 0.168 e. The fourth-order valence-electron chi connectivity index (χ4n) is 1.25. The Bertz CT molecular complexity index is 475. The number of rotatable bonds is 1. The van der Waals surface area contributed by atoms with Crippen molar-refractivity contribution in [2.75, 3.05) is 0 Å². The average molecular weight is 240 g/mol. The van der Waals surface area contributed by atoms with E-state index in [1.54, 1.807) is 18.2 Å². The van der Waals surface area contributed by atoms with E-state index in [0.29, 0.717) is 15.7 Å². The Morgan fingerprint density at radius 1 is 1.54 bits per heavy atom. The standard InChI is InChI=1S/C9H6BrNO2/c1-5(12)6-3-2-4-7-8(6)9(10)11-13-7/h2-4H,1H3. The van der Waals surface area contributed by atoms with E-state index in [0.717, 1.165) is 5.39 Å². The largest absolute Gasteiger partial charge is 0.355 e. The summed E-state index contributed by atoms with van der Waals surface area (Å²) in [5.74, 6) is 0.00880. The molecule has 0 atom stereocenters. The number of carbonyl (C=O) groups excluding carboxylic acids is 1. The summed E-state index contributed by atoms with van der Waals surface area (Å²) >= 11 is 3.23. The highest BCUT2D eigenvalue weighted by atomic mass is 79.9. The molecule has 0 bridgehead atoms. The summed E-state index contributed by atoms with van der Waals surface area (Å²) in [6.45, 7) is 1.52. The molecule has 0 spiro atoms. The number of halogens is 1. The van der Waals surface area contributed by atoms with E-state index < -0.39 is 0 Å². The zero-order valence-corrected chi connectivity index (χ0v) is 8.46. The fourth-order valence-corrected chi connectivity index (χ4v) is 1.73. The number of nitrogens with zero attached hydrogens (tertiary/aromatic N) is 1. The van der Waals surface area contributed by atoms with Crippen LogP contribution in [0, 0.1) is 0 Å². The summed E-state index contributed by atoms with van der Waals surface area (Å²) in [6.07, 6.45) is 0.